The molecular formula is C13H20N6O. The van der Waals surface area contributed by atoms with E-state index in [1.54, 1.807) is 23.3 Å². The van der Waals surface area contributed by atoms with Gasteiger partial charge in [0, 0.05) is 12.4 Å². The van der Waals surface area contributed by atoms with Crippen LogP contribution in [0.15, 0.2) is 18.7 Å². The van der Waals surface area contributed by atoms with Crippen LogP contribution in [-0.2, 0) is 0 Å². The number of imidazole rings is 1. The predicted molar refractivity (Wildman–Crippen MR) is 75.6 cm³/mol. The molecule has 0 radical (unpaired) electrons. The van der Waals surface area contributed by atoms with Crippen molar-refractivity contribution in [2.75, 3.05) is 12.3 Å². The van der Waals surface area contributed by atoms with Gasteiger partial charge >= 0.3 is 6.01 Å². The Bertz CT molecular complexity index is 514. The molecule has 0 fully saturated rings. The van der Waals surface area contributed by atoms with Crippen molar-refractivity contribution < 1.29 is 4.74 Å². The minimum Gasteiger partial charge on any atom is -0.463 e. The maximum atomic E-state index is 5.66. The lowest BCUT2D eigenvalue weighted by molar-refractivity contribution is 0.280. The predicted octanol–water partition coefficient (Wildman–Crippen LogP) is 1.99. The van der Waals surface area contributed by atoms with E-state index in [1.807, 2.05) is 0 Å². The molecule has 7 heteroatoms. The molecule has 2 aromatic rings. The van der Waals surface area contributed by atoms with Crippen molar-refractivity contribution in [2.45, 2.75) is 39.0 Å². The third-order valence-electron chi connectivity index (χ3n) is 2.83. The highest BCUT2D eigenvalue weighted by molar-refractivity contribution is 5.24. The van der Waals surface area contributed by atoms with Crippen LogP contribution in [0.2, 0.25) is 0 Å². The second kappa shape index (κ2) is 7.42. The maximum Gasteiger partial charge on any atom is 0.323 e. The van der Waals surface area contributed by atoms with E-state index in [9.17, 15) is 0 Å². The number of nitrogens with zero attached hydrogens (tertiary/aromatic N) is 5. The molecule has 0 amide bonds. The lowest BCUT2D eigenvalue weighted by Crippen LogP contribution is -2.09. The molecule has 0 aliphatic heterocycles. The molecule has 0 bridgehead atoms. The van der Waals surface area contributed by atoms with Crippen molar-refractivity contribution in [1.82, 2.24) is 24.5 Å². The summed E-state index contributed by atoms with van der Waals surface area (Å²) in [4.78, 5) is 16.2. The molecule has 0 spiro atoms. The Kier molecular flexibility index (Phi) is 5.28. The van der Waals surface area contributed by atoms with Crippen molar-refractivity contribution in [2.24, 2.45) is 0 Å². The fourth-order valence-corrected chi connectivity index (χ4v) is 1.79. The summed E-state index contributed by atoms with van der Waals surface area (Å²) in [5.74, 6) is 0.556. The van der Waals surface area contributed by atoms with E-state index in [1.165, 1.54) is 19.3 Å². The van der Waals surface area contributed by atoms with Crippen LogP contribution in [-0.4, -0.2) is 31.1 Å². The van der Waals surface area contributed by atoms with Gasteiger partial charge in [0.1, 0.15) is 6.33 Å². The summed E-state index contributed by atoms with van der Waals surface area (Å²) >= 11 is 0. The monoisotopic (exact) mass is 276 g/mol. The summed E-state index contributed by atoms with van der Waals surface area (Å²) in [6.45, 7) is 2.79. The SMILES string of the molecule is CCCCCCCOc1nc(N)nc(-n2ccnc2)n1. The zero-order chi connectivity index (χ0) is 14.2. The Labute approximate surface area is 118 Å². The van der Waals surface area contributed by atoms with E-state index in [0.717, 1.165) is 12.8 Å². The normalized spacial score (nSPS) is 10.7. The van der Waals surface area contributed by atoms with Crippen molar-refractivity contribution in [3.63, 3.8) is 0 Å². The summed E-state index contributed by atoms with van der Waals surface area (Å²) in [6, 6.07) is 0.261. The molecule has 0 unspecified atom stereocenters. The Balaban J connectivity index is 1.88. The molecule has 0 aliphatic rings. The standard InChI is InChI=1S/C13H20N6O/c1-2-3-4-5-6-9-20-13-17-11(14)16-12(18-13)19-8-7-15-10-19/h7-8,10H,2-6,9H2,1H3,(H2,14,16,17,18). The molecule has 7 nitrogen and oxygen atoms in total. The molecule has 0 saturated carbocycles. The van der Waals surface area contributed by atoms with Crippen LogP contribution in [0.4, 0.5) is 5.95 Å². The van der Waals surface area contributed by atoms with E-state index in [-0.39, 0.29) is 12.0 Å². The highest BCUT2D eigenvalue weighted by atomic mass is 16.5. The number of ether oxygens (including phenoxy) is 1. The van der Waals surface area contributed by atoms with Crippen LogP contribution in [0.1, 0.15) is 39.0 Å². The van der Waals surface area contributed by atoms with Crippen molar-refractivity contribution in [3.8, 4) is 12.0 Å². The Morgan fingerprint density at radius 3 is 2.75 bits per heavy atom. The first-order chi connectivity index (χ1) is 9.79. The van der Waals surface area contributed by atoms with Gasteiger partial charge in [0.2, 0.25) is 11.9 Å². The van der Waals surface area contributed by atoms with Gasteiger partial charge in [-0.3, -0.25) is 4.57 Å². The van der Waals surface area contributed by atoms with E-state index in [2.05, 4.69) is 26.9 Å². The van der Waals surface area contributed by atoms with Gasteiger partial charge in [0.15, 0.2) is 0 Å². The Hall–Kier alpha value is -2.18. The minimum absolute atomic E-state index is 0.143. The fourth-order valence-electron chi connectivity index (χ4n) is 1.79. The topological polar surface area (TPSA) is 91.7 Å². The smallest absolute Gasteiger partial charge is 0.323 e. The van der Waals surface area contributed by atoms with E-state index >= 15 is 0 Å². The summed E-state index contributed by atoms with van der Waals surface area (Å²) in [5.41, 5.74) is 5.66. The first kappa shape index (κ1) is 14.2. The van der Waals surface area contributed by atoms with Gasteiger partial charge in [-0.25, -0.2) is 4.98 Å². The van der Waals surface area contributed by atoms with Gasteiger partial charge in [-0.15, -0.1) is 0 Å². The van der Waals surface area contributed by atoms with Crippen molar-refractivity contribution in [3.05, 3.63) is 18.7 Å². The van der Waals surface area contributed by atoms with Crippen molar-refractivity contribution in [1.29, 1.82) is 0 Å². The lowest BCUT2D eigenvalue weighted by atomic mass is 10.2. The van der Waals surface area contributed by atoms with E-state index in [4.69, 9.17) is 10.5 Å². The first-order valence-corrected chi connectivity index (χ1v) is 6.92. The highest BCUT2D eigenvalue weighted by Gasteiger charge is 2.06. The van der Waals surface area contributed by atoms with Gasteiger partial charge in [-0.2, -0.15) is 15.0 Å². The molecule has 108 valence electrons. The number of rotatable bonds is 8. The third-order valence-corrected chi connectivity index (χ3v) is 2.83. The van der Waals surface area contributed by atoms with Gasteiger partial charge in [0.25, 0.3) is 0 Å². The first-order valence-electron chi connectivity index (χ1n) is 6.92. The molecule has 0 atom stereocenters. The fraction of sp³-hybridized carbons (Fsp3) is 0.538. The highest BCUT2D eigenvalue weighted by Crippen LogP contribution is 2.10. The van der Waals surface area contributed by atoms with Crippen LogP contribution >= 0.6 is 0 Å². The second-order valence-corrected chi connectivity index (χ2v) is 4.51. The average Bonchev–Trinajstić information content (AvgIpc) is 2.96. The molecule has 2 N–H and O–H groups in total. The van der Waals surface area contributed by atoms with Gasteiger partial charge in [-0.05, 0) is 6.42 Å². The molecule has 2 heterocycles. The van der Waals surface area contributed by atoms with E-state index in [0.29, 0.717) is 12.6 Å². The zero-order valence-corrected chi connectivity index (χ0v) is 11.7. The molecule has 0 aromatic carbocycles. The Morgan fingerprint density at radius 1 is 1.15 bits per heavy atom. The number of nitrogens with two attached hydrogens (primary N) is 1. The number of hydrogen-bond donors (Lipinski definition) is 1. The second-order valence-electron chi connectivity index (χ2n) is 4.51. The molecule has 2 rings (SSSR count). The minimum atomic E-state index is 0.143. The number of aromatic nitrogens is 5. The molecular weight excluding hydrogens is 256 g/mol. The largest absolute Gasteiger partial charge is 0.463 e. The number of nitrogen functional groups attached to an aromatic ring is 1. The number of hydrogen-bond acceptors (Lipinski definition) is 6. The molecule has 0 saturated heterocycles. The summed E-state index contributed by atoms with van der Waals surface area (Å²) in [7, 11) is 0. The van der Waals surface area contributed by atoms with Gasteiger partial charge in [0.05, 0.1) is 6.61 Å². The molecule has 0 aliphatic carbocycles. The van der Waals surface area contributed by atoms with Crippen LogP contribution < -0.4 is 10.5 Å². The third kappa shape index (κ3) is 4.18. The lowest BCUT2D eigenvalue weighted by Gasteiger charge is -2.06. The average molecular weight is 276 g/mol. The van der Waals surface area contributed by atoms with E-state index < -0.39 is 0 Å². The molecule has 2 aromatic heterocycles. The van der Waals surface area contributed by atoms with Crippen molar-refractivity contribution >= 4 is 5.95 Å². The summed E-state index contributed by atoms with van der Waals surface area (Å²) in [6.07, 6.45) is 10.9. The summed E-state index contributed by atoms with van der Waals surface area (Å²) < 4.78 is 7.19. The van der Waals surface area contributed by atoms with Crippen LogP contribution in [0.25, 0.3) is 5.95 Å². The zero-order valence-electron chi connectivity index (χ0n) is 11.7. The van der Waals surface area contributed by atoms with Crippen LogP contribution in [0.5, 0.6) is 6.01 Å². The number of unbranched alkanes of at least 4 members (excludes halogenated alkanes) is 4. The van der Waals surface area contributed by atoms with Crippen LogP contribution in [0, 0.1) is 0 Å². The van der Waals surface area contributed by atoms with Gasteiger partial charge < -0.3 is 10.5 Å². The van der Waals surface area contributed by atoms with Gasteiger partial charge in [-0.1, -0.05) is 32.6 Å². The summed E-state index contributed by atoms with van der Waals surface area (Å²) in [5, 5.41) is 0. The number of anilines is 1. The Morgan fingerprint density at radius 2 is 2.00 bits per heavy atom. The molecule has 20 heavy (non-hydrogen) atoms. The quantitative estimate of drug-likeness (QED) is 0.741. The maximum absolute atomic E-state index is 5.66. The van der Waals surface area contributed by atoms with Crippen LogP contribution in [0.3, 0.4) is 0 Å².